The van der Waals surface area contributed by atoms with E-state index in [1.54, 1.807) is 0 Å². The van der Waals surface area contributed by atoms with Crippen molar-refractivity contribution in [2.24, 2.45) is 5.41 Å². The van der Waals surface area contributed by atoms with E-state index in [2.05, 4.69) is 38.9 Å². The lowest BCUT2D eigenvalue weighted by Gasteiger charge is -2.39. The standard InChI is InChI=1S/C28H41N7O/c1-28(2)13-16-34(17-14-28)25(36)23-12-7-15-35(23)27-31-21-11-6-10-20(21)24(33-27)32-26-29-18-22(30-26)19-8-4-3-5-9-19/h18-19,23H,3-17H2,1-2H3,(H2,29,30,31,32,33)/t23-/m1/s1. The van der Waals surface area contributed by atoms with Crippen molar-refractivity contribution >= 4 is 23.6 Å². The van der Waals surface area contributed by atoms with Gasteiger partial charge in [-0.05, 0) is 63.2 Å². The number of rotatable bonds is 5. The molecule has 1 saturated carbocycles. The number of imidazole rings is 1. The van der Waals surface area contributed by atoms with Gasteiger partial charge >= 0.3 is 0 Å². The summed E-state index contributed by atoms with van der Waals surface area (Å²) in [5, 5.41) is 3.50. The van der Waals surface area contributed by atoms with E-state index in [9.17, 15) is 4.79 Å². The Bertz CT molecular complexity index is 1090. The van der Waals surface area contributed by atoms with Crippen molar-refractivity contribution in [2.45, 2.75) is 103 Å². The van der Waals surface area contributed by atoms with Crippen LogP contribution in [0.1, 0.15) is 101 Å². The van der Waals surface area contributed by atoms with Gasteiger partial charge in [0, 0.05) is 36.8 Å². The largest absolute Gasteiger partial charge is 0.341 e. The van der Waals surface area contributed by atoms with Gasteiger partial charge < -0.3 is 20.1 Å². The Labute approximate surface area is 214 Å². The van der Waals surface area contributed by atoms with Gasteiger partial charge in [0.15, 0.2) is 0 Å². The van der Waals surface area contributed by atoms with Crippen molar-refractivity contribution in [1.82, 2.24) is 24.8 Å². The van der Waals surface area contributed by atoms with Crippen molar-refractivity contribution < 1.29 is 4.79 Å². The van der Waals surface area contributed by atoms with E-state index in [0.717, 1.165) is 82.0 Å². The number of piperidine rings is 1. The molecule has 0 bridgehead atoms. The molecule has 4 aliphatic rings. The maximum atomic E-state index is 13.6. The molecule has 3 fully saturated rings. The summed E-state index contributed by atoms with van der Waals surface area (Å²) in [6.45, 7) is 7.16. The number of hydrogen-bond acceptors (Lipinski definition) is 6. The van der Waals surface area contributed by atoms with Crippen LogP contribution in [0.25, 0.3) is 0 Å². The minimum absolute atomic E-state index is 0.153. The van der Waals surface area contributed by atoms with Crippen LogP contribution in [0.2, 0.25) is 0 Å². The first-order chi connectivity index (χ1) is 17.5. The Morgan fingerprint density at radius 2 is 1.81 bits per heavy atom. The highest BCUT2D eigenvalue weighted by atomic mass is 16.2. The molecule has 1 amide bonds. The van der Waals surface area contributed by atoms with Crippen molar-refractivity contribution in [3.8, 4) is 0 Å². The number of hydrogen-bond donors (Lipinski definition) is 2. The van der Waals surface area contributed by atoms with E-state index in [4.69, 9.17) is 9.97 Å². The third kappa shape index (κ3) is 4.71. The minimum atomic E-state index is -0.153. The zero-order valence-corrected chi connectivity index (χ0v) is 22.0. The summed E-state index contributed by atoms with van der Waals surface area (Å²) in [7, 11) is 0. The first kappa shape index (κ1) is 23.7. The van der Waals surface area contributed by atoms with Crippen molar-refractivity contribution in [3.05, 3.63) is 23.1 Å². The number of amides is 1. The monoisotopic (exact) mass is 491 g/mol. The van der Waals surface area contributed by atoms with E-state index in [-0.39, 0.29) is 11.9 Å². The van der Waals surface area contributed by atoms with Crippen LogP contribution in [-0.4, -0.2) is 56.4 Å². The molecule has 2 aliphatic heterocycles. The Morgan fingerprint density at radius 1 is 1.00 bits per heavy atom. The number of fused-ring (bicyclic) bond motifs is 1. The lowest BCUT2D eigenvalue weighted by molar-refractivity contribution is -0.134. The van der Waals surface area contributed by atoms with Crippen LogP contribution in [-0.2, 0) is 17.6 Å². The van der Waals surface area contributed by atoms with Crippen LogP contribution in [0, 0.1) is 5.41 Å². The molecular weight excluding hydrogens is 450 g/mol. The Morgan fingerprint density at radius 3 is 2.61 bits per heavy atom. The maximum Gasteiger partial charge on any atom is 0.245 e. The van der Waals surface area contributed by atoms with E-state index < -0.39 is 0 Å². The molecule has 194 valence electrons. The Hall–Kier alpha value is -2.64. The molecule has 36 heavy (non-hydrogen) atoms. The number of carbonyl (C=O) groups is 1. The van der Waals surface area contributed by atoms with Crippen LogP contribution < -0.4 is 10.2 Å². The zero-order valence-electron chi connectivity index (χ0n) is 22.0. The first-order valence-corrected chi connectivity index (χ1v) is 14.2. The number of aryl methyl sites for hydroxylation is 1. The fraction of sp³-hybridized carbons (Fsp3) is 0.714. The molecule has 0 aromatic carbocycles. The van der Waals surface area contributed by atoms with Gasteiger partial charge in [0.1, 0.15) is 11.9 Å². The predicted octanol–water partition coefficient (Wildman–Crippen LogP) is 5.10. The summed E-state index contributed by atoms with van der Waals surface area (Å²) < 4.78 is 0. The Kier molecular flexibility index (Phi) is 6.38. The molecule has 2 aromatic heterocycles. The average molecular weight is 492 g/mol. The van der Waals surface area contributed by atoms with Crippen LogP contribution >= 0.6 is 0 Å². The number of nitrogens with zero attached hydrogens (tertiary/aromatic N) is 5. The zero-order chi connectivity index (χ0) is 24.7. The van der Waals surface area contributed by atoms with Crippen LogP contribution in [0.4, 0.5) is 17.7 Å². The molecule has 4 heterocycles. The van der Waals surface area contributed by atoms with Crippen LogP contribution in [0.5, 0.6) is 0 Å². The fourth-order valence-corrected chi connectivity index (χ4v) is 6.59. The van der Waals surface area contributed by atoms with Crippen molar-refractivity contribution in [3.63, 3.8) is 0 Å². The summed E-state index contributed by atoms with van der Waals surface area (Å²) in [6.07, 6.45) is 15.5. The van der Waals surface area contributed by atoms with Gasteiger partial charge in [-0.3, -0.25) is 4.79 Å². The highest BCUT2D eigenvalue weighted by Gasteiger charge is 2.38. The smallest absolute Gasteiger partial charge is 0.245 e. The molecule has 2 saturated heterocycles. The molecular formula is C28H41N7O. The average Bonchev–Trinajstić information content (AvgIpc) is 3.65. The third-order valence-corrected chi connectivity index (χ3v) is 9.02. The van der Waals surface area contributed by atoms with Crippen molar-refractivity contribution in [1.29, 1.82) is 0 Å². The molecule has 6 rings (SSSR count). The number of anilines is 3. The van der Waals surface area contributed by atoms with Gasteiger partial charge in [0.05, 0.1) is 11.9 Å². The summed E-state index contributed by atoms with van der Waals surface area (Å²) in [4.78, 5) is 36.0. The molecule has 0 spiro atoms. The Balaban J connectivity index is 1.22. The van der Waals surface area contributed by atoms with Gasteiger partial charge in [-0.1, -0.05) is 33.1 Å². The summed E-state index contributed by atoms with van der Waals surface area (Å²) in [5.41, 5.74) is 3.89. The second-order valence-corrected chi connectivity index (χ2v) is 12.1. The minimum Gasteiger partial charge on any atom is -0.341 e. The lowest BCUT2D eigenvalue weighted by Crippen LogP contribution is -2.50. The number of aromatic amines is 1. The highest BCUT2D eigenvalue weighted by Crippen LogP contribution is 2.36. The number of H-pyrrole nitrogens is 1. The normalized spacial score (nSPS) is 24.2. The molecule has 2 aliphatic carbocycles. The van der Waals surface area contributed by atoms with E-state index in [1.165, 1.54) is 43.4 Å². The van der Waals surface area contributed by atoms with Gasteiger partial charge in [0.25, 0.3) is 0 Å². The third-order valence-electron chi connectivity index (χ3n) is 9.02. The number of carbonyl (C=O) groups excluding carboxylic acids is 1. The molecule has 2 aromatic rings. The summed E-state index contributed by atoms with van der Waals surface area (Å²) in [6, 6.07) is -0.153. The van der Waals surface area contributed by atoms with Gasteiger partial charge in [-0.2, -0.15) is 4.98 Å². The highest BCUT2D eigenvalue weighted by molar-refractivity contribution is 5.85. The quantitative estimate of drug-likeness (QED) is 0.605. The predicted molar refractivity (Wildman–Crippen MR) is 142 cm³/mol. The van der Waals surface area contributed by atoms with E-state index in [1.807, 2.05) is 6.20 Å². The van der Waals surface area contributed by atoms with Crippen molar-refractivity contribution in [2.75, 3.05) is 29.9 Å². The molecule has 0 radical (unpaired) electrons. The molecule has 8 heteroatoms. The van der Waals surface area contributed by atoms with Gasteiger partial charge in [0.2, 0.25) is 17.8 Å². The van der Waals surface area contributed by atoms with Crippen LogP contribution in [0.15, 0.2) is 6.20 Å². The molecule has 8 nitrogen and oxygen atoms in total. The number of likely N-dealkylation sites (tertiary alicyclic amines) is 1. The number of aromatic nitrogens is 4. The number of nitrogens with one attached hydrogen (secondary N) is 2. The molecule has 2 N–H and O–H groups in total. The van der Waals surface area contributed by atoms with Crippen LogP contribution in [0.3, 0.4) is 0 Å². The summed E-state index contributed by atoms with van der Waals surface area (Å²) >= 11 is 0. The fourth-order valence-electron chi connectivity index (χ4n) is 6.59. The second kappa shape index (κ2) is 9.67. The van der Waals surface area contributed by atoms with E-state index in [0.29, 0.717) is 17.3 Å². The SMILES string of the molecule is CC1(C)CCN(C(=O)[C@H]2CCCN2c2nc3c(c(Nc4ncc(C5CCCCC5)[nH]4)n2)CCC3)CC1. The van der Waals surface area contributed by atoms with Gasteiger partial charge in [-0.25, -0.2) is 9.97 Å². The molecule has 0 unspecified atom stereocenters. The topological polar surface area (TPSA) is 90.0 Å². The lowest BCUT2D eigenvalue weighted by atomic mass is 9.82. The maximum absolute atomic E-state index is 13.6. The second-order valence-electron chi connectivity index (χ2n) is 12.1. The molecule has 1 atom stereocenters. The summed E-state index contributed by atoms with van der Waals surface area (Å²) in [5.74, 6) is 3.16. The van der Waals surface area contributed by atoms with Gasteiger partial charge in [-0.15, -0.1) is 0 Å². The first-order valence-electron chi connectivity index (χ1n) is 14.2. The van der Waals surface area contributed by atoms with E-state index >= 15 is 0 Å².